The molecule has 0 aliphatic carbocycles. The van der Waals surface area contributed by atoms with Crippen molar-refractivity contribution in [3.8, 4) is 0 Å². The molecule has 1 saturated heterocycles. The second-order valence-electron chi connectivity index (χ2n) is 7.22. The van der Waals surface area contributed by atoms with Crippen LogP contribution in [0.3, 0.4) is 0 Å². The summed E-state index contributed by atoms with van der Waals surface area (Å²) in [6.45, 7) is 5.64. The van der Waals surface area contributed by atoms with Gasteiger partial charge in [0.05, 0.1) is 53.1 Å². The molecule has 27 heavy (non-hydrogen) atoms. The first-order valence-electron chi connectivity index (χ1n) is 9.15. The van der Waals surface area contributed by atoms with Crippen molar-refractivity contribution in [1.29, 1.82) is 0 Å². The smallest absolute Gasteiger partial charge is 0.254 e. The second kappa shape index (κ2) is 6.09. The Labute approximate surface area is 156 Å². The summed E-state index contributed by atoms with van der Waals surface area (Å²) < 4.78 is 7.83. The van der Waals surface area contributed by atoms with E-state index in [4.69, 9.17) is 4.74 Å². The number of likely N-dealkylation sites (tertiary alicyclic amines) is 1. The number of carbonyl (C=O) groups excluding carboxylic acids is 1. The summed E-state index contributed by atoms with van der Waals surface area (Å²) in [6, 6.07) is 5.55. The van der Waals surface area contributed by atoms with Gasteiger partial charge in [0.15, 0.2) is 0 Å². The molecule has 2 aromatic heterocycles. The molecular weight excluding hydrogens is 344 g/mol. The van der Waals surface area contributed by atoms with E-state index in [-0.39, 0.29) is 18.1 Å². The van der Waals surface area contributed by atoms with E-state index >= 15 is 0 Å². The fourth-order valence-corrected chi connectivity index (χ4v) is 3.91. The standard InChI is InChI=1S/C19H20N6O2/c1-11-12(2)22-16-7-13(3-4-15(16)21-11)19(26)24-6-5-18-17(9-24)25-14(10-27-18)8-20-23-25/h3-4,7-8,17-18H,5-6,9-10H2,1-2H3/t17-,18-/m0/s1. The fourth-order valence-electron chi connectivity index (χ4n) is 3.91. The number of amides is 1. The summed E-state index contributed by atoms with van der Waals surface area (Å²) in [5, 5.41) is 8.18. The first-order chi connectivity index (χ1) is 13.1. The maximum Gasteiger partial charge on any atom is 0.254 e. The van der Waals surface area contributed by atoms with Crippen LogP contribution in [0.5, 0.6) is 0 Å². The zero-order valence-corrected chi connectivity index (χ0v) is 15.3. The number of fused-ring (bicyclic) bond motifs is 4. The molecule has 1 fully saturated rings. The largest absolute Gasteiger partial charge is 0.370 e. The Bertz CT molecular complexity index is 1050. The lowest BCUT2D eigenvalue weighted by molar-refractivity contribution is -0.0605. The van der Waals surface area contributed by atoms with E-state index in [9.17, 15) is 4.79 Å². The van der Waals surface area contributed by atoms with Crippen LogP contribution in [0.25, 0.3) is 11.0 Å². The van der Waals surface area contributed by atoms with Gasteiger partial charge < -0.3 is 9.64 Å². The maximum atomic E-state index is 13.1. The van der Waals surface area contributed by atoms with Gasteiger partial charge in [-0.2, -0.15) is 0 Å². The van der Waals surface area contributed by atoms with E-state index < -0.39 is 0 Å². The number of hydrogen-bond donors (Lipinski definition) is 0. The van der Waals surface area contributed by atoms with Gasteiger partial charge in [0.25, 0.3) is 5.91 Å². The van der Waals surface area contributed by atoms with Crippen LogP contribution in [-0.4, -0.2) is 55.0 Å². The van der Waals surface area contributed by atoms with Gasteiger partial charge in [-0.3, -0.25) is 4.79 Å². The third kappa shape index (κ3) is 2.68. The lowest BCUT2D eigenvalue weighted by Crippen LogP contribution is -2.49. The van der Waals surface area contributed by atoms with E-state index in [1.807, 2.05) is 41.6 Å². The van der Waals surface area contributed by atoms with Gasteiger partial charge in [0.2, 0.25) is 0 Å². The van der Waals surface area contributed by atoms with Crippen molar-refractivity contribution < 1.29 is 9.53 Å². The lowest BCUT2D eigenvalue weighted by Gasteiger charge is -2.41. The topological polar surface area (TPSA) is 86.0 Å². The number of aromatic nitrogens is 5. The zero-order chi connectivity index (χ0) is 18.5. The van der Waals surface area contributed by atoms with Gasteiger partial charge in [-0.25, -0.2) is 14.6 Å². The molecular formula is C19H20N6O2. The van der Waals surface area contributed by atoms with E-state index in [2.05, 4.69) is 20.3 Å². The average Bonchev–Trinajstić information content (AvgIpc) is 3.17. The average molecular weight is 364 g/mol. The molecule has 2 atom stereocenters. The van der Waals surface area contributed by atoms with Crippen molar-refractivity contribution >= 4 is 16.9 Å². The Morgan fingerprint density at radius 2 is 2.00 bits per heavy atom. The molecule has 8 nitrogen and oxygen atoms in total. The first-order valence-corrected chi connectivity index (χ1v) is 9.15. The number of piperidine rings is 1. The predicted octanol–water partition coefficient (Wildman–Crippen LogP) is 1.82. The summed E-state index contributed by atoms with van der Waals surface area (Å²) in [7, 11) is 0. The van der Waals surface area contributed by atoms with E-state index in [1.165, 1.54) is 0 Å². The highest BCUT2D eigenvalue weighted by Gasteiger charge is 2.38. The number of rotatable bonds is 1. The number of hydrogen-bond acceptors (Lipinski definition) is 6. The van der Waals surface area contributed by atoms with Gasteiger partial charge in [-0.1, -0.05) is 5.21 Å². The van der Waals surface area contributed by atoms with Crippen LogP contribution >= 0.6 is 0 Å². The number of aryl methyl sites for hydroxylation is 2. The molecule has 0 N–H and O–H groups in total. The molecule has 2 aliphatic rings. The molecule has 1 aromatic carbocycles. The van der Waals surface area contributed by atoms with E-state index in [1.54, 1.807) is 6.20 Å². The minimum Gasteiger partial charge on any atom is -0.370 e. The van der Waals surface area contributed by atoms with Gasteiger partial charge in [0, 0.05) is 18.7 Å². The highest BCUT2D eigenvalue weighted by Crippen LogP contribution is 2.30. The first kappa shape index (κ1) is 16.3. The molecule has 138 valence electrons. The summed E-state index contributed by atoms with van der Waals surface area (Å²) in [5.74, 6) is 0.00242. The quantitative estimate of drug-likeness (QED) is 0.655. The molecule has 1 amide bonds. The third-order valence-electron chi connectivity index (χ3n) is 5.54. The Hall–Kier alpha value is -2.87. The van der Waals surface area contributed by atoms with Gasteiger partial charge >= 0.3 is 0 Å². The molecule has 0 saturated carbocycles. The highest BCUT2D eigenvalue weighted by molar-refractivity contribution is 5.97. The van der Waals surface area contributed by atoms with Crippen molar-refractivity contribution in [3.63, 3.8) is 0 Å². The van der Waals surface area contributed by atoms with Crippen LogP contribution in [0.1, 0.15) is 39.9 Å². The summed E-state index contributed by atoms with van der Waals surface area (Å²) >= 11 is 0. The Morgan fingerprint density at radius 1 is 1.19 bits per heavy atom. The molecule has 0 unspecified atom stereocenters. The molecule has 8 heteroatoms. The predicted molar refractivity (Wildman–Crippen MR) is 97.2 cm³/mol. The minimum atomic E-state index is 0.00242. The number of ether oxygens (including phenoxy) is 1. The van der Waals surface area contributed by atoms with Crippen molar-refractivity contribution in [2.75, 3.05) is 13.1 Å². The van der Waals surface area contributed by atoms with Crippen molar-refractivity contribution in [2.45, 2.75) is 39.0 Å². The molecule has 0 bridgehead atoms. The van der Waals surface area contributed by atoms with Gasteiger partial charge in [0.1, 0.15) is 0 Å². The van der Waals surface area contributed by atoms with Crippen molar-refractivity contribution in [2.24, 2.45) is 0 Å². The van der Waals surface area contributed by atoms with Crippen molar-refractivity contribution in [1.82, 2.24) is 29.9 Å². The number of nitrogens with zero attached hydrogens (tertiary/aromatic N) is 6. The van der Waals surface area contributed by atoms with Crippen LogP contribution in [0.15, 0.2) is 24.4 Å². The molecule has 0 radical (unpaired) electrons. The van der Waals surface area contributed by atoms with Crippen molar-refractivity contribution in [3.05, 3.63) is 47.0 Å². The van der Waals surface area contributed by atoms with Crippen LogP contribution in [0.4, 0.5) is 0 Å². The van der Waals surface area contributed by atoms with Gasteiger partial charge in [-0.15, -0.1) is 5.10 Å². The minimum absolute atomic E-state index is 0.00242. The second-order valence-corrected chi connectivity index (χ2v) is 7.22. The van der Waals surface area contributed by atoms with Crippen LogP contribution in [0.2, 0.25) is 0 Å². The normalized spacial score (nSPS) is 21.8. The monoisotopic (exact) mass is 364 g/mol. The number of carbonyl (C=O) groups is 1. The lowest BCUT2D eigenvalue weighted by atomic mass is 9.99. The third-order valence-corrected chi connectivity index (χ3v) is 5.54. The maximum absolute atomic E-state index is 13.1. The summed E-state index contributed by atoms with van der Waals surface area (Å²) in [4.78, 5) is 24.1. The Kier molecular flexibility index (Phi) is 3.68. The van der Waals surface area contributed by atoms with Gasteiger partial charge in [-0.05, 0) is 38.5 Å². The summed E-state index contributed by atoms with van der Waals surface area (Å²) in [6.07, 6.45) is 2.60. The molecule has 5 rings (SSSR count). The highest BCUT2D eigenvalue weighted by atomic mass is 16.5. The molecule has 2 aliphatic heterocycles. The summed E-state index contributed by atoms with van der Waals surface area (Å²) in [5.41, 5.74) is 4.93. The van der Waals surface area contributed by atoms with Crippen LogP contribution < -0.4 is 0 Å². The Morgan fingerprint density at radius 3 is 2.85 bits per heavy atom. The van der Waals surface area contributed by atoms with Crippen LogP contribution in [-0.2, 0) is 11.3 Å². The Balaban J connectivity index is 1.43. The van der Waals surface area contributed by atoms with E-state index in [0.29, 0.717) is 25.3 Å². The SMILES string of the molecule is Cc1nc2ccc(C(=O)N3CC[C@@H]4OCc5cnnn5[C@H]4C3)cc2nc1C. The molecule has 4 heterocycles. The fraction of sp³-hybridized carbons (Fsp3) is 0.421. The number of benzene rings is 1. The molecule has 0 spiro atoms. The zero-order valence-electron chi connectivity index (χ0n) is 15.3. The molecule has 3 aromatic rings. The van der Waals surface area contributed by atoms with Crippen LogP contribution in [0, 0.1) is 13.8 Å². The van der Waals surface area contributed by atoms with E-state index in [0.717, 1.165) is 34.5 Å².